The van der Waals surface area contributed by atoms with E-state index in [1.54, 1.807) is 0 Å². The number of rotatable bonds is 2. The summed E-state index contributed by atoms with van der Waals surface area (Å²) in [6.45, 7) is 10.2. The minimum absolute atomic E-state index is 0.859. The standard InChI is InChI=1S/C18H36N4/c1-2-9-19-10-4-14-21(13-3-1)18-7-15-22(16-8-18)17-5-11-20-12-6-17/h17-20H,1-16H2. The van der Waals surface area contributed by atoms with Crippen LogP contribution in [0.25, 0.3) is 0 Å². The fourth-order valence-corrected chi connectivity index (χ4v) is 4.54. The van der Waals surface area contributed by atoms with Crippen molar-refractivity contribution in [1.29, 1.82) is 0 Å². The molecule has 3 saturated heterocycles. The van der Waals surface area contributed by atoms with Crippen molar-refractivity contribution in [3.05, 3.63) is 0 Å². The van der Waals surface area contributed by atoms with Crippen LogP contribution in [0.2, 0.25) is 0 Å². The summed E-state index contributed by atoms with van der Waals surface area (Å²) < 4.78 is 0. The molecule has 3 fully saturated rings. The molecule has 4 heteroatoms. The molecular formula is C18H36N4. The van der Waals surface area contributed by atoms with E-state index in [1.807, 2.05) is 0 Å². The summed E-state index contributed by atoms with van der Waals surface area (Å²) in [4.78, 5) is 5.62. The normalized spacial score (nSPS) is 29.5. The second-order valence-corrected chi connectivity index (χ2v) is 7.45. The molecule has 0 bridgehead atoms. The molecule has 0 aliphatic carbocycles. The largest absolute Gasteiger partial charge is 0.317 e. The van der Waals surface area contributed by atoms with Gasteiger partial charge < -0.3 is 20.4 Å². The van der Waals surface area contributed by atoms with E-state index in [0.29, 0.717) is 0 Å². The summed E-state index contributed by atoms with van der Waals surface area (Å²) in [6.07, 6.45) is 11.0. The van der Waals surface area contributed by atoms with Gasteiger partial charge in [0.15, 0.2) is 0 Å². The molecule has 0 spiro atoms. The molecule has 0 saturated carbocycles. The van der Waals surface area contributed by atoms with Crippen molar-refractivity contribution >= 4 is 0 Å². The molecule has 0 unspecified atom stereocenters. The Bertz CT molecular complexity index is 285. The van der Waals surface area contributed by atoms with Crippen molar-refractivity contribution in [1.82, 2.24) is 20.4 Å². The summed E-state index contributed by atoms with van der Waals surface area (Å²) in [7, 11) is 0. The summed E-state index contributed by atoms with van der Waals surface area (Å²) in [5.41, 5.74) is 0. The topological polar surface area (TPSA) is 30.5 Å². The molecule has 0 amide bonds. The highest BCUT2D eigenvalue weighted by molar-refractivity contribution is 4.85. The number of hydrogen-bond acceptors (Lipinski definition) is 4. The first-order valence-corrected chi connectivity index (χ1v) is 9.83. The predicted molar refractivity (Wildman–Crippen MR) is 93.4 cm³/mol. The van der Waals surface area contributed by atoms with E-state index >= 15 is 0 Å². The Morgan fingerprint density at radius 1 is 0.500 bits per heavy atom. The Hall–Kier alpha value is -0.160. The van der Waals surface area contributed by atoms with Crippen LogP contribution in [0.15, 0.2) is 0 Å². The van der Waals surface area contributed by atoms with Gasteiger partial charge in [0.2, 0.25) is 0 Å². The lowest BCUT2D eigenvalue weighted by Crippen LogP contribution is -2.51. The van der Waals surface area contributed by atoms with Crippen LogP contribution >= 0.6 is 0 Å². The van der Waals surface area contributed by atoms with Gasteiger partial charge in [0.05, 0.1) is 0 Å². The van der Waals surface area contributed by atoms with Gasteiger partial charge in [-0.25, -0.2) is 0 Å². The van der Waals surface area contributed by atoms with Gasteiger partial charge in [-0.05, 0) is 97.3 Å². The van der Waals surface area contributed by atoms with Crippen molar-refractivity contribution in [2.45, 2.75) is 63.5 Å². The van der Waals surface area contributed by atoms with Gasteiger partial charge in [0.25, 0.3) is 0 Å². The van der Waals surface area contributed by atoms with E-state index in [0.717, 1.165) is 12.1 Å². The van der Waals surface area contributed by atoms with Gasteiger partial charge in [0, 0.05) is 12.1 Å². The molecule has 128 valence electrons. The predicted octanol–water partition coefficient (Wildman–Crippen LogP) is 1.67. The van der Waals surface area contributed by atoms with Gasteiger partial charge in [-0.15, -0.1) is 0 Å². The van der Waals surface area contributed by atoms with Gasteiger partial charge in [0.1, 0.15) is 0 Å². The third-order valence-electron chi connectivity index (χ3n) is 5.94. The molecule has 3 heterocycles. The monoisotopic (exact) mass is 308 g/mol. The minimum Gasteiger partial charge on any atom is -0.317 e. The average Bonchev–Trinajstić information content (AvgIpc) is 2.60. The van der Waals surface area contributed by atoms with Crippen LogP contribution in [0.1, 0.15) is 51.4 Å². The van der Waals surface area contributed by atoms with E-state index in [4.69, 9.17) is 0 Å². The summed E-state index contributed by atoms with van der Waals surface area (Å²) >= 11 is 0. The van der Waals surface area contributed by atoms with Crippen LogP contribution in [-0.4, -0.2) is 74.2 Å². The Kier molecular flexibility index (Phi) is 6.99. The van der Waals surface area contributed by atoms with E-state index in [2.05, 4.69) is 20.4 Å². The fourth-order valence-electron chi connectivity index (χ4n) is 4.54. The van der Waals surface area contributed by atoms with Crippen LogP contribution in [0, 0.1) is 0 Å². The second kappa shape index (κ2) is 9.21. The van der Waals surface area contributed by atoms with Crippen molar-refractivity contribution in [3.8, 4) is 0 Å². The zero-order valence-electron chi connectivity index (χ0n) is 14.4. The van der Waals surface area contributed by atoms with E-state index in [1.165, 1.54) is 104 Å². The molecule has 22 heavy (non-hydrogen) atoms. The zero-order chi connectivity index (χ0) is 15.0. The van der Waals surface area contributed by atoms with Crippen LogP contribution in [0.5, 0.6) is 0 Å². The van der Waals surface area contributed by atoms with Crippen molar-refractivity contribution in [2.75, 3.05) is 52.4 Å². The first-order valence-electron chi connectivity index (χ1n) is 9.83. The van der Waals surface area contributed by atoms with Crippen LogP contribution in [0.4, 0.5) is 0 Å². The molecule has 0 radical (unpaired) electrons. The molecule has 0 atom stereocenters. The highest BCUT2D eigenvalue weighted by Gasteiger charge is 2.28. The van der Waals surface area contributed by atoms with E-state index in [-0.39, 0.29) is 0 Å². The molecule has 0 aromatic carbocycles. The maximum Gasteiger partial charge on any atom is 0.0120 e. The van der Waals surface area contributed by atoms with E-state index < -0.39 is 0 Å². The number of nitrogens with zero attached hydrogens (tertiary/aromatic N) is 2. The van der Waals surface area contributed by atoms with Gasteiger partial charge in [-0.1, -0.05) is 6.42 Å². The minimum atomic E-state index is 0.859. The van der Waals surface area contributed by atoms with Gasteiger partial charge in [-0.2, -0.15) is 0 Å². The first kappa shape index (κ1) is 16.7. The van der Waals surface area contributed by atoms with Crippen molar-refractivity contribution < 1.29 is 0 Å². The van der Waals surface area contributed by atoms with Crippen LogP contribution in [0.3, 0.4) is 0 Å². The number of nitrogens with one attached hydrogen (secondary N) is 2. The number of piperidine rings is 2. The van der Waals surface area contributed by atoms with Crippen molar-refractivity contribution in [2.24, 2.45) is 0 Å². The summed E-state index contributed by atoms with van der Waals surface area (Å²) in [5, 5.41) is 7.09. The van der Waals surface area contributed by atoms with Crippen molar-refractivity contribution in [3.63, 3.8) is 0 Å². The summed E-state index contributed by atoms with van der Waals surface area (Å²) in [5.74, 6) is 0. The third-order valence-corrected chi connectivity index (χ3v) is 5.94. The van der Waals surface area contributed by atoms with Crippen LogP contribution < -0.4 is 10.6 Å². The molecule has 3 aliphatic rings. The highest BCUT2D eigenvalue weighted by atomic mass is 15.2. The number of hydrogen-bond donors (Lipinski definition) is 2. The molecule has 3 rings (SSSR count). The smallest absolute Gasteiger partial charge is 0.0120 e. The zero-order valence-corrected chi connectivity index (χ0v) is 14.4. The van der Waals surface area contributed by atoms with Gasteiger partial charge in [-0.3, -0.25) is 0 Å². The maximum atomic E-state index is 3.59. The maximum absolute atomic E-state index is 3.59. The molecular weight excluding hydrogens is 272 g/mol. The summed E-state index contributed by atoms with van der Waals surface area (Å²) in [6, 6.07) is 1.72. The quantitative estimate of drug-likeness (QED) is 0.812. The molecule has 0 aromatic rings. The Balaban J connectivity index is 1.44. The molecule has 0 aromatic heterocycles. The number of likely N-dealkylation sites (tertiary alicyclic amines) is 1. The molecule has 2 N–H and O–H groups in total. The Labute approximate surface area is 137 Å². The SMILES string of the molecule is C1CCNCCCN(C2CCN(C3CCNCC3)CC2)CC1. The highest BCUT2D eigenvalue weighted by Crippen LogP contribution is 2.22. The first-order chi connectivity index (χ1) is 10.9. The Morgan fingerprint density at radius 3 is 1.91 bits per heavy atom. The Morgan fingerprint density at radius 2 is 1.09 bits per heavy atom. The average molecular weight is 309 g/mol. The lowest BCUT2D eigenvalue weighted by molar-refractivity contribution is 0.0706. The lowest BCUT2D eigenvalue weighted by Gasteiger charge is -2.43. The third kappa shape index (κ3) is 4.92. The van der Waals surface area contributed by atoms with E-state index in [9.17, 15) is 0 Å². The lowest BCUT2D eigenvalue weighted by atomic mass is 9.97. The van der Waals surface area contributed by atoms with Crippen LogP contribution in [-0.2, 0) is 0 Å². The molecule has 3 aliphatic heterocycles. The molecule has 4 nitrogen and oxygen atoms in total. The fraction of sp³-hybridized carbons (Fsp3) is 1.00. The van der Waals surface area contributed by atoms with Gasteiger partial charge >= 0.3 is 0 Å². The second-order valence-electron chi connectivity index (χ2n) is 7.45.